The monoisotopic (exact) mass is 279 g/mol. The number of amides is 1. The van der Waals surface area contributed by atoms with Crippen LogP contribution in [0.25, 0.3) is 6.08 Å². The van der Waals surface area contributed by atoms with Crippen LogP contribution in [0.2, 0.25) is 5.02 Å². The van der Waals surface area contributed by atoms with Crippen molar-refractivity contribution in [2.24, 2.45) is 5.92 Å². The molecule has 5 heteroatoms. The number of likely N-dealkylation sites (tertiary alicyclic amines) is 1. The molecule has 19 heavy (non-hydrogen) atoms. The topological polar surface area (TPSA) is 57.6 Å². The van der Waals surface area contributed by atoms with E-state index in [0.29, 0.717) is 18.0 Å². The second-order valence-electron chi connectivity index (χ2n) is 4.50. The van der Waals surface area contributed by atoms with Crippen molar-refractivity contribution in [3.8, 4) is 0 Å². The molecule has 1 aliphatic rings. The van der Waals surface area contributed by atoms with E-state index in [4.69, 9.17) is 16.7 Å². The Morgan fingerprint density at radius 3 is 2.84 bits per heavy atom. The summed E-state index contributed by atoms with van der Waals surface area (Å²) in [5, 5.41) is 9.49. The summed E-state index contributed by atoms with van der Waals surface area (Å²) in [5.74, 6) is -1.44. The minimum atomic E-state index is -0.839. The van der Waals surface area contributed by atoms with Crippen molar-refractivity contribution in [2.45, 2.75) is 6.42 Å². The van der Waals surface area contributed by atoms with Crippen molar-refractivity contribution < 1.29 is 14.7 Å². The molecule has 0 radical (unpaired) electrons. The molecular weight excluding hydrogens is 266 g/mol. The average molecular weight is 280 g/mol. The molecule has 1 N–H and O–H groups in total. The first-order chi connectivity index (χ1) is 9.06. The lowest BCUT2D eigenvalue weighted by Gasteiger charge is -2.12. The molecule has 1 saturated heterocycles. The predicted octanol–water partition coefficient (Wildman–Crippen LogP) is 2.29. The van der Waals surface area contributed by atoms with Crippen molar-refractivity contribution in [3.05, 3.63) is 40.9 Å². The Balaban J connectivity index is 1.96. The van der Waals surface area contributed by atoms with Gasteiger partial charge in [0.25, 0.3) is 0 Å². The lowest BCUT2D eigenvalue weighted by molar-refractivity contribution is -0.141. The Labute approximate surface area is 116 Å². The Hall–Kier alpha value is -1.81. The van der Waals surface area contributed by atoms with Gasteiger partial charge in [0, 0.05) is 24.2 Å². The molecular formula is C14H14ClNO3. The van der Waals surface area contributed by atoms with E-state index < -0.39 is 11.9 Å². The van der Waals surface area contributed by atoms with E-state index in [2.05, 4.69) is 0 Å². The molecule has 1 aromatic rings. The highest BCUT2D eigenvalue weighted by molar-refractivity contribution is 6.30. The summed E-state index contributed by atoms with van der Waals surface area (Å²) in [7, 11) is 0. The summed E-state index contributed by atoms with van der Waals surface area (Å²) in [4.78, 5) is 24.3. The zero-order valence-electron chi connectivity index (χ0n) is 10.3. The number of halogens is 1. The summed E-state index contributed by atoms with van der Waals surface area (Å²) in [6.07, 6.45) is 3.66. The molecule has 0 bridgehead atoms. The number of benzene rings is 1. The summed E-state index contributed by atoms with van der Waals surface area (Å²) < 4.78 is 0. The Kier molecular flexibility index (Phi) is 4.22. The van der Waals surface area contributed by atoms with Gasteiger partial charge in [0.15, 0.2) is 0 Å². The first-order valence-corrected chi connectivity index (χ1v) is 6.39. The minimum absolute atomic E-state index is 0.163. The van der Waals surface area contributed by atoms with E-state index in [0.717, 1.165) is 5.56 Å². The highest BCUT2D eigenvalue weighted by Crippen LogP contribution is 2.17. The van der Waals surface area contributed by atoms with Crippen LogP contribution in [-0.4, -0.2) is 35.0 Å². The van der Waals surface area contributed by atoms with E-state index in [9.17, 15) is 9.59 Å². The second-order valence-corrected chi connectivity index (χ2v) is 4.93. The standard InChI is InChI=1S/C14H14ClNO3/c15-12-3-1-2-10(8-12)4-5-13(17)16-7-6-11(9-16)14(18)19/h1-5,8,11H,6-7,9H2,(H,18,19). The third kappa shape index (κ3) is 3.58. The van der Waals surface area contributed by atoms with Gasteiger partial charge in [-0.1, -0.05) is 23.7 Å². The number of carbonyl (C=O) groups excluding carboxylic acids is 1. The molecule has 1 aliphatic heterocycles. The molecule has 0 aliphatic carbocycles. The lowest BCUT2D eigenvalue weighted by atomic mass is 10.1. The molecule has 0 spiro atoms. The maximum absolute atomic E-state index is 11.9. The maximum atomic E-state index is 11.9. The smallest absolute Gasteiger partial charge is 0.308 e. The number of carbonyl (C=O) groups is 2. The largest absolute Gasteiger partial charge is 0.481 e. The fourth-order valence-corrected chi connectivity index (χ4v) is 2.24. The number of carboxylic acids is 1. The van der Waals surface area contributed by atoms with Crippen LogP contribution in [0.1, 0.15) is 12.0 Å². The molecule has 1 heterocycles. The van der Waals surface area contributed by atoms with Gasteiger partial charge < -0.3 is 10.0 Å². The lowest BCUT2D eigenvalue weighted by Crippen LogP contribution is -2.28. The normalized spacial score (nSPS) is 19.0. The SMILES string of the molecule is O=C(O)C1CCN(C(=O)C=Cc2cccc(Cl)c2)C1. The van der Waals surface area contributed by atoms with Gasteiger partial charge in [-0.05, 0) is 30.2 Å². The van der Waals surface area contributed by atoms with E-state index in [-0.39, 0.29) is 12.5 Å². The van der Waals surface area contributed by atoms with Gasteiger partial charge in [0.1, 0.15) is 0 Å². The molecule has 1 aromatic carbocycles. The van der Waals surface area contributed by atoms with E-state index in [1.165, 1.54) is 6.08 Å². The Morgan fingerprint density at radius 2 is 2.21 bits per heavy atom. The van der Waals surface area contributed by atoms with Gasteiger partial charge in [-0.15, -0.1) is 0 Å². The first-order valence-electron chi connectivity index (χ1n) is 6.01. The van der Waals surface area contributed by atoms with Crippen LogP contribution in [0.15, 0.2) is 30.3 Å². The van der Waals surface area contributed by atoms with Crippen molar-refractivity contribution in [2.75, 3.05) is 13.1 Å². The quantitative estimate of drug-likeness (QED) is 0.864. The number of nitrogens with zero attached hydrogens (tertiary/aromatic N) is 1. The predicted molar refractivity (Wildman–Crippen MR) is 72.8 cm³/mol. The van der Waals surface area contributed by atoms with E-state index >= 15 is 0 Å². The maximum Gasteiger partial charge on any atom is 0.308 e. The molecule has 1 fully saturated rings. The van der Waals surface area contributed by atoms with Crippen LogP contribution in [0.5, 0.6) is 0 Å². The summed E-state index contributed by atoms with van der Waals surface area (Å²) in [5.41, 5.74) is 0.842. The minimum Gasteiger partial charge on any atom is -0.481 e. The van der Waals surface area contributed by atoms with Crippen molar-refractivity contribution in [1.82, 2.24) is 4.90 Å². The van der Waals surface area contributed by atoms with E-state index in [1.807, 2.05) is 12.1 Å². The molecule has 1 unspecified atom stereocenters. The Morgan fingerprint density at radius 1 is 1.42 bits per heavy atom. The molecule has 1 amide bonds. The molecule has 0 aromatic heterocycles. The van der Waals surface area contributed by atoms with Gasteiger partial charge in [0.2, 0.25) is 5.91 Å². The van der Waals surface area contributed by atoms with Gasteiger partial charge in [-0.3, -0.25) is 9.59 Å². The molecule has 1 atom stereocenters. The van der Waals surface area contributed by atoms with Crippen LogP contribution in [0.3, 0.4) is 0 Å². The van der Waals surface area contributed by atoms with Gasteiger partial charge in [-0.25, -0.2) is 0 Å². The highest BCUT2D eigenvalue weighted by atomic mass is 35.5. The molecule has 4 nitrogen and oxygen atoms in total. The third-order valence-electron chi connectivity index (χ3n) is 3.12. The number of aliphatic carboxylic acids is 1. The van der Waals surface area contributed by atoms with Crippen LogP contribution in [-0.2, 0) is 9.59 Å². The number of rotatable bonds is 3. The summed E-state index contributed by atoms with van der Waals surface area (Å²) in [6.45, 7) is 0.781. The zero-order chi connectivity index (χ0) is 13.8. The summed E-state index contributed by atoms with van der Waals surface area (Å²) in [6, 6.07) is 7.18. The summed E-state index contributed by atoms with van der Waals surface area (Å²) >= 11 is 5.85. The van der Waals surface area contributed by atoms with Crippen LogP contribution < -0.4 is 0 Å². The van der Waals surface area contributed by atoms with Gasteiger partial charge in [-0.2, -0.15) is 0 Å². The first kappa shape index (κ1) is 13.6. The van der Waals surface area contributed by atoms with Crippen LogP contribution in [0, 0.1) is 5.92 Å². The fraction of sp³-hybridized carbons (Fsp3) is 0.286. The number of carboxylic acid groups (broad SMARTS) is 1. The average Bonchev–Trinajstić information content (AvgIpc) is 2.86. The van der Waals surface area contributed by atoms with Gasteiger partial charge in [0.05, 0.1) is 5.92 Å². The van der Waals surface area contributed by atoms with Crippen LogP contribution >= 0.6 is 11.6 Å². The van der Waals surface area contributed by atoms with Crippen LogP contribution in [0.4, 0.5) is 0 Å². The highest BCUT2D eigenvalue weighted by Gasteiger charge is 2.29. The van der Waals surface area contributed by atoms with Gasteiger partial charge >= 0.3 is 5.97 Å². The number of hydrogen-bond donors (Lipinski definition) is 1. The van der Waals surface area contributed by atoms with Crippen molar-refractivity contribution >= 4 is 29.6 Å². The van der Waals surface area contributed by atoms with E-state index in [1.54, 1.807) is 23.1 Å². The third-order valence-corrected chi connectivity index (χ3v) is 3.35. The van der Waals surface area contributed by atoms with Crippen molar-refractivity contribution in [3.63, 3.8) is 0 Å². The molecule has 2 rings (SSSR count). The fourth-order valence-electron chi connectivity index (χ4n) is 2.05. The Bertz CT molecular complexity index is 527. The second kappa shape index (κ2) is 5.89. The van der Waals surface area contributed by atoms with Crippen molar-refractivity contribution in [1.29, 1.82) is 0 Å². The molecule has 100 valence electrons. The number of hydrogen-bond acceptors (Lipinski definition) is 2. The molecule has 0 saturated carbocycles. The zero-order valence-corrected chi connectivity index (χ0v) is 11.0.